The quantitative estimate of drug-likeness (QED) is 0.424. The van der Waals surface area contributed by atoms with Crippen LogP contribution in [0.25, 0.3) is 12.2 Å². The summed E-state index contributed by atoms with van der Waals surface area (Å²) in [6.45, 7) is 3.86. The molecule has 4 nitrogen and oxygen atoms in total. The van der Waals surface area contributed by atoms with Crippen LogP contribution in [-0.4, -0.2) is 21.8 Å². The third-order valence-corrected chi connectivity index (χ3v) is 4.85. The Hall–Kier alpha value is -3.92. The number of carbonyl (C=O) groups excluding carboxylic acids is 2. The van der Waals surface area contributed by atoms with E-state index in [1.54, 1.807) is 12.2 Å². The summed E-state index contributed by atoms with van der Waals surface area (Å²) in [6.07, 6.45) is 5.99. The minimum absolute atomic E-state index is 0.0507. The number of aryl methyl sites for hydroxylation is 2. The van der Waals surface area contributed by atoms with Crippen LogP contribution in [0.3, 0.4) is 0 Å². The van der Waals surface area contributed by atoms with E-state index in [1.807, 2.05) is 62.4 Å². The van der Waals surface area contributed by atoms with Gasteiger partial charge in [0.15, 0.2) is 11.6 Å². The third kappa shape index (κ3) is 4.73. The number of hydrogen-bond donors (Lipinski definition) is 2. The summed E-state index contributed by atoms with van der Waals surface area (Å²) in [5.41, 5.74) is 3.67. The lowest BCUT2D eigenvalue weighted by atomic mass is 10.00. The molecular formula is C26H22O4. The Bertz CT molecular complexity index is 1080. The maximum atomic E-state index is 12.6. The number of phenolic OH excluding ortho intramolecular Hbond substituents is 2. The lowest BCUT2D eigenvalue weighted by molar-refractivity contribution is 0.104. The number of allylic oxidation sites excluding steroid dienone is 2. The topological polar surface area (TPSA) is 74.6 Å². The van der Waals surface area contributed by atoms with Gasteiger partial charge in [-0.15, -0.1) is 0 Å². The zero-order chi connectivity index (χ0) is 21.7. The van der Waals surface area contributed by atoms with Crippen LogP contribution in [-0.2, 0) is 0 Å². The van der Waals surface area contributed by atoms with E-state index >= 15 is 0 Å². The number of phenols is 2. The zero-order valence-electron chi connectivity index (χ0n) is 16.8. The van der Waals surface area contributed by atoms with Crippen LogP contribution in [0, 0.1) is 13.8 Å². The number of aromatic hydroxyl groups is 2. The number of ketones is 2. The second kappa shape index (κ2) is 9.05. The smallest absolute Gasteiger partial charge is 0.189 e. The molecule has 0 atom stereocenters. The van der Waals surface area contributed by atoms with E-state index in [-0.39, 0.29) is 22.6 Å². The Morgan fingerprint density at radius 1 is 0.667 bits per heavy atom. The number of benzene rings is 3. The minimum atomic E-state index is -0.465. The summed E-state index contributed by atoms with van der Waals surface area (Å²) in [5, 5.41) is 20.2. The van der Waals surface area contributed by atoms with Crippen LogP contribution in [0.2, 0.25) is 0 Å². The Morgan fingerprint density at radius 3 is 1.47 bits per heavy atom. The first kappa shape index (κ1) is 20.8. The average Bonchev–Trinajstić information content (AvgIpc) is 2.72. The van der Waals surface area contributed by atoms with Gasteiger partial charge in [-0.3, -0.25) is 9.59 Å². The van der Waals surface area contributed by atoms with Crippen molar-refractivity contribution in [3.63, 3.8) is 0 Å². The minimum Gasteiger partial charge on any atom is -0.507 e. The van der Waals surface area contributed by atoms with Gasteiger partial charge < -0.3 is 10.2 Å². The fourth-order valence-electron chi connectivity index (χ4n) is 3.03. The molecule has 0 saturated carbocycles. The van der Waals surface area contributed by atoms with Crippen molar-refractivity contribution in [2.24, 2.45) is 0 Å². The van der Waals surface area contributed by atoms with E-state index in [9.17, 15) is 19.8 Å². The van der Waals surface area contributed by atoms with Gasteiger partial charge in [0.05, 0.1) is 11.1 Å². The molecule has 4 heteroatoms. The first-order valence-electron chi connectivity index (χ1n) is 9.49. The molecule has 3 rings (SSSR count). The summed E-state index contributed by atoms with van der Waals surface area (Å²) < 4.78 is 0. The molecular weight excluding hydrogens is 376 g/mol. The van der Waals surface area contributed by atoms with Crippen molar-refractivity contribution in [3.05, 3.63) is 106 Å². The van der Waals surface area contributed by atoms with Gasteiger partial charge in [0.1, 0.15) is 11.5 Å². The van der Waals surface area contributed by atoms with Gasteiger partial charge in [0, 0.05) is 6.07 Å². The summed E-state index contributed by atoms with van der Waals surface area (Å²) >= 11 is 0. The van der Waals surface area contributed by atoms with Crippen LogP contribution in [0.15, 0.2) is 72.8 Å². The van der Waals surface area contributed by atoms with Crippen molar-refractivity contribution in [2.75, 3.05) is 0 Å². The van der Waals surface area contributed by atoms with Gasteiger partial charge in [-0.2, -0.15) is 0 Å². The molecule has 3 aromatic carbocycles. The molecule has 2 N–H and O–H groups in total. The highest BCUT2D eigenvalue weighted by molar-refractivity contribution is 6.13. The summed E-state index contributed by atoms with van der Waals surface area (Å²) in [6, 6.07) is 17.4. The van der Waals surface area contributed by atoms with E-state index in [2.05, 4.69) is 0 Å². The molecule has 0 heterocycles. The summed E-state index contributed by atoms with van der Waals surface area (Å²) in [5.74, 6) is -1.70. The first-order chi connectivity index (χ1) is 14.4. The van der Waals surface area contributed by atoms with Gasteiger partial charge in [-0.1, -0.05) is 60.7 Å². The molecule has 0 saturated heterocycles. The monoisotopic (exact) mass is 398 g/mol. The average molecular weight is 398 g/mol. The largest absolute Gasteiger partial charge is 0.507 e. The second-order valence-corrected chi connectivity index (χ2v) is 6.99. The molecule has 30 heavy (non-hydrogen) atoms. The van der Waals surface area contributed by atoms with Crippen LogP contribution in [0.1, 0.15) is 43.0 Å². The highest BCUT2D eigenvalue weighted by atomic mass is 16.3. The first-order valence-corrected chi connectivity index (χ1v) is 9.49. The molecule has 0 aliphatic rings. The molecule has 0 unspecified atom stereocenters. The molecule has 0 aliphatic heterocycles. The molecule has 0 aliphatic carbocycles. The lowest BCUT2D eigenvalue weighted by Crippen LogP contribution is -2.01. The molecule has 150 valence electrons. The van der Waals surface area contributed by atoms with Crippen LogP contribution >= 0.6 is 0 Å². The Balaban J connectivity index is 1.88. The Kier molecular flexibility index (Phi) is 6.28. The van der Waals surface area contributed by atoms with E-state index in [0.29, 0.717) is 0 Å². The van der Waals surface area contributed by atoms with E-state index in [4.69, 9.17) is 0 Å². The highest BCUT2D eigenvalue weighted by Gasteiger charge is 2.17. The zero-order valence-corrected chi connectivity index (χ0v) is 16.8. The molecule has 3 aromatic rings. The highest BCUT2D eigenvalue weighted by Crippen LogP contribution is 2.29. The van der Waals surface area contributed by atoms with Crippen LogP contribution in [0.5, 0.6) is 11.5 Å². The molecule has 0 fully saturated rings. The van der Waals surface area contributed by atoms with Crippen molar-refractivity contribution < 1.29 is 19.8 Å². The van der Waals surface area contributed by atoms with Crippen molar-refractivity contribution in [3.8, 4) is 11.5 Å². The van der Waals surface area contributed by atoms with Crippen LogP contribution in [0.4, 0.5) is 0 Å². The van der Waals surface area contributed by atoms with Crippen molar-refractivity contribution in [1.29, 1.82) is 0 Å². The maximum Gasteiger partial charge on any atom is 0.189 e. The van der Waals surface area contributed by atoms with E-state index in [0.717, 1.165) is 28.3 Å². The number of carbonyl (C=O) groups is 2. The van der Waals surface area contributed by atoms with E-state index < -0.39 is 11.6 Å². The van der Waals surface area contributed by atoms with Gasteiger partial charge in [-0.25, -0.2) is 0 Å². The van der Waals surface area contributed by atoms with Gasteiger partial charge in [-0.05, 0) is 54.3 Å². The molecule has 0 amide bonds. The summed E-state index contributed by atoms with van der Waals surface area (Å²) in [7, 11) is 0. The lowest BCUT2D eigenvalue weighted by Gasteiger charge is -2.07. The molecule has 0 bridgehead atoms. The second-order valence-electron chi connectivity index (χ2n) is 6.99. The van der Waals surface area contributed by atoms with Crippen molar-refractivity contribution in [1.82, 2.24) is 0 Å². The van der Waals surface area contributed by atoms with Crippen molar-refractivity contribution in [2.45, 2.75) is 13.8 Å². The fraction of sp³-hybridized carbons (Fsp3) is 0.0769. The van der Waals surface area contributed by atoms with Gasteiger partial charge in [0.25, 0.3) is 0 Å². The summed E-state index contributed by atoms with van der Waals surface area (Å²) in [4.78, 5) is 25.2. The predicted octanol–water partition coefficient (Wildman–Crippen LogP) is 5.51. The number of hydrogen-bond acceptors (Lipinski definition) is 4. The molecule has 0 aromatic heterocycles. The normalized spacial score (nSPS) is 11.3. The predicted molar refractivity (Wildman–Crippen MR) is 119 cm³/mol. The SMILES string of the molecule is Cc1ccccc1/C=C/C(=O)c1cc(C(=O)/C=C/c2ccccc2C)c(O)cc1O. The maximum absolute atomic E-state index is 12.6. The third-order valence-electron chi connectivity index (χ3n) is 4.85. The molecule has 0 radical (unpaired) electrons. The Morgan fingerprint density at radius 2 is 1.07 bits per heavy atom. The van der Waals surface area contributed by atoms with Gasteiger partial charge >= 0.3 is 0 Å². The van der Waals surface area contributed by atoms with E-state index in [1.165, 1.54) is 18.2 Å². The Labute approximate surface area is 175 Å². The standard InChI is InChI=1S/C26H22O4/c1-17-7-3-5-9-19(17)11-13-23(27)21-15-22(26(30)16-25(21)29)24(28)14-12-20-10-6-4-8-18(20)2/h3-16,29-30H,1-2H3/b13-11+,14-12+. The fourth-order valence-corrected chi connectivity index (χ4v) is 3.03. The van der Waals surface area contributed by atoms with Crippen molar-refractivity contribution >= 4 is 23.7 Å². The molecule has 0 spiro atoms. The van der Waals surface area contributed by atoms with Crippen LogP contribution < -0.4 is 0 Å². The number of rotatable bonds is 6. The van der Waals surface area contributed by atoms with Gasteiger partial charge in [0.2, 0.25) is 0 Å².